The molecule has 0 radical (unpaired) electrons. The monoisotopic (exact) mass is 406 g/mol. The van der Waals surface area contributed by atoms with E-state index in [0.29, 0.717) is 27.2 Å². The lowest BCUT2D eigenvalue weighted by atomic mass is 10.2. The molecule has 0 aliphatic heterocycles. The van der Waals surface area contributed by atoms with Crippen molar-refractivity contribution in [3.8, 4) is 11.5 Å². The van der Waals surface area contributed by atoms with Gasteiger partial charge in [-0.2, -0.15) is 5.10 Å². The maximum absolute atomic E-state index is 10.6. The number of halogens is 1. The predicted molar refractivity (Wildman–Crippen MR) is 86.9 cm³/mol. The fraction of sp³-hybridized carbons (Fsp3) is 0.250. The van der Waals surface area contributed by atoms with Crippen molar-refractivity contribution in [1.82, 2.24) is 0 Å². The van der Waals surface area contributed by atoms with Crippen molar-refractivity contribution in [3.63, 3.8) is 0 Å². The molecule has 0 bridgehead atoms. The molecule has 0 aliphatic carbocycles. The third-order valence-electron chi connectivity index (χ3n) is 2.05. The third-order valence-corrected chi connectivity index (χ3v) is 2.85. The maximum atomic E-state index is 10.6. The molecule has 1 rings (SSSR count). The zero-order valence-corrected chi connectivity index (χ0v) is 13.4. The Kier molecular flexibility index (Phi) is 6.72. The third kappa shape index (κ3) is 5.85. The van der Waals surface area contributed by atoms with E-state index in [0.717, 1.165) is 0 Å². The van der Waals surface area contributed by atoms with Crippen molar-refractivity contribution in [3.05, 3.63) is 21.3 Å². The number of hydrogen-bond donors (Lipinski definition) is 3. The molecular formula is C12H15IN4O4. The van der Waals surface area contributed by atoms with E-state index in [-0.39, 0.29) is 5.96 Å². The summed E-state index contributed by atoms with van der Waals surface area (Å²) in [5.74, 6) is -0.408. The first-order valence-corrected chi connectivity index (χ1v) is 6.94. The average molecular weight is 406 g/mol. The Bertz CT molecular complexity index is 571. The number of benzene rings is 1. The number of nitrogens with zero attached hydrogens (tertiary/aromatic N) is 2. The molecule has 9 heteroatoms. The van der Waals surface area contributed by atoms with Crippen LogP contribution in [0.25, 0.3) is 0 Å². The van der Waals surface area contributed by atoms with Crippen LogP contribution in [0.1, 0.15) is 12.5 Å². The SMILES string of the molecule is CCOc1cc(C=NN=C(N)N)cc(I)c1OCC(=O)O. The molecular weight excluding hydrogens is 391 g/mol. The lowest BCUT2D eigenvalue weighted by Crippen LogP contribution is -2.21. The molecule has 0 spiro atoms. The molecule has 0 heterocycles. The normalized spacial score (nSPS) is 10.4. The summed E-state index contributed by atoms with van der Waals surface area (Å²) in [6.07, 6.45) is 1.45. The Balaban J connectivity index is 3.08. The van der Waals surface area contributed by atoms with Gasteiger partial charge in [0.25, 0.3) is 0 Å². The quantitative estimate of drug-likeness (QED) is 0.265. The summed E-state index contributed by atoms with van der Waals surface area (Å²) in [4.78, 5) is 10.6. The van der Waals surface area contributed by atoms with E-state index >= 15 is 0 Å². The molecule has 0 unspecified atom stereocenters. The summed E-state index contributed by atoms with van der Waals surface area (Å²) in [5.41, 5.74) is 11.0. The van der Waals surface area contributed by atoms with Crippen LogP contribution in [0.2, 0.25) is 0 Å². The van der Waals surface area contributed by atoms with E-state index in [9.17, 15) is 4.79 Å². The first-order valence-electron chi connectivity index (χ1n) is 5.87. The van der Waals surface area contributed by atoms with Crippen LogP contribution in [0, 0.1) is 3.57 Å². The summed E-state index contributed by atoms with van der Waals surface area (Å²) in [6.45, 7) is 1.78. The van der Waals surface area contributed by atoms with E-state index in [1.54, 1.807) is 12.1 Å². The zero-order chi connectivity index (χ0) is 15.8. The first-order chi connectivity index (χ1) is 9.93. The van der Waals surface area contributed by atoms with E-state index in [1.165, 1.54) is 6.21 Å². The van der Waals surface area contributed by atoms with Crippen LogP contribution < -0.4 is 20.9 Å². The highest BCUT2D eigenvalue weighted by atomic mass is 127. The van der Waals surface area contributed by atoms with Crippen molar-refractivity contribution in [1.29, 1.82) is 0 Å². The Morgan fingerprint density at radius 3 is 2.71 bits per heavy atom. The molecule has 0 saturated heterocycles. The topological polar surface area (TPSA) is 133 Å². The van der Waals surface area contributed by atoms with Crippen LogP contribution in [-0.2, 0) is 4.79 Å². The fourth-order valence-corrected chi connectivity index (χ4v) is 2.14. The summed E-state index contributed by atoms with van der Waals surface area (Å²) in [5, 5.41) is 15.9. The van der Waals surface area contributed by atoms with Crippen LogP contribution in [0.4, 0.5) is 0 Å². The molecule has 0 saturated carbocycles. The molecule has 114 valence electrons. The van der Waals surface area contributed by atoms with Gasteiger partial charge in [0.1, 0.15) is 0 Å². The van der Waals surface area contributed by atoms with Gasteiger partial charge in [0, 0.05) is 0 Å². The van der Waals surface area contributed by atoms with Gasteiger partial charge in [0.15, 0.2) is 18.1 Å². The molecule has 1 aromatic carbocycles. The van der Waals surface area contributed by atoms with Crippen molar-refractivity contribution < 1.29 is 19.4 Å². The molecule has 21 heavy (non-hydrogen) atoms. The van der Waals surface area contributed by atoms with E-state index in [1.807, 2.05) is 29.5 Å². The maximum Gasteiger partial charge on any atom is 0.341 e. The minimum atomic E-state index is -1.06. The molecule has 0 aromatic heterocycles. The second-order valence-corrected chi connectivity index (χ2v) is 4.88. The molecule has 0 amide bonds. The second-order valence-electron chi connectivity index (χ2n) is 3.71. The smallest absolute Gasteiger partial charge is 0.341 e. The number of ether oxygens (including phenoxy) is 2. The van der Waals surface area contributed by atoms with E-state index in [4.69, 9.17) is 26.0 Å². The molecule has 0 atom stereocenters. The standard InChI is InChI=1S/C12H15IN4O4/c1-2-20-9-4-7(5-16-17-12(14)15)3-8(13)11(9)21-6-10(18)19/h3-5H,2,6H2,1H3,(H,18,19)(H4,14,15,17). The van der Waals surface area contributed by atoms with Gasteiger partial charge in [-0.15, -0.1) is 5.10 Å². The number of aliphatic carboxylic acids is 1. The van der Waals surface area contributed by atoms with Crippen molar-refractivity contribution >= 4 is 40.7 Å². The van der Waals surface area contributed by atoms with Crippen molar-refractivity contribution in [2.75, 3.05) is 13.2 Å². The van der Waals surface area contributed by atoms with Gasteiger partial charge in [-0.05, 0) is 47.2 Å². The van der Waals surface area contributed by atoms with Crippen molar-refractivity contribution in [2.45, 2.75) is 6.92 Å². The summed E-state index contributed by atoms with van der Waals surface area (Å²) in [6, 6.07) is 3.40. The lowest BCUT2D eigenvalue weighted by Gasteiger charge is -2.13. The number of guanidine groups is 1. The zero-order valence-electron chi connectivity index (χ0n) is 11.2. The van der Waals surface area contributed by atoms with Gasteiger partial charge < -0.3 is 26.0 Å². The number of rotatable bonds is 7. The number of nitrogens with two attached hydrogens (primary N) is 2. The largest absolute Gasteiger partial charge is 0.490 e. The molecule has 8 nitrogen and oxygen atoms in total. The average Bonchev–Trinajstić information content (AvgIpc) is 2.37. The van der Waals surface area contributed by atoms with Crippen LogP contribution in [-0.4, -0.2) is 36.5 Å². The van der Waals surface area contributed by atoms with E-state index < -0.39 is 12.6 Å². The highest BCUT2D eigenvalue weighted by molar-refractivity contribution is 14.1. The number of hydrogen-bond acceptors (Lipinski definition) is 5. The fourth-order valence-electron chi connectivity index (χ4n) is 1.36. The predicted octanol–water partition coefficient (Wildman–Crippen LogP) is 0.761. The second kappa shape index (κ2) is 8.29. The number of carboxylic acids is 1. The molecule has 1 aromatic rings. The van der Waals surface area contributed by atoms with E-state index in [2.05, 4.69) is 10.2 Å². The molecule has 0 fully saturated rings. The lowest BCUT2D eigenvalue weighted by molar-refractivity contribution is -0.139. The number of carbonyl (C=O) groups is 1. The summed E-state index contributed by atoms with van der Waals surface area (Å²) >= 11 is 2.02. The van der Waals surface area contributed by atoms with Crippen molar-refractivity contribution in [2.24, 2.45) is 21.7 Å². The van der Waals surface area contributed by atoms with Gasteiger partial charge in [-0.1, -0.05) is 0 Å². The van der Waals surface area contributed by atoms with Gasteiger partial charge in [0.2, 0.25) is 5.96 Å². The number of carboxylic acid groups (broad SMARTS) is 1. The van der Waals surface area contributed by atoms with Gasteiger partial charge in [-0.3, -0.25) is 0 Å². The van der Waals surface area contributed by atoms with Crippen LogP contribution in [0.3, 0.4) is 0 Å². The highest BCUT2D eigenvalue weighted by Gasteiger charge is 2.13. The van der Waals surface area contributed by atoms with Crippen LogP contribution >= 0.6 is 22.6 Å². The minimum Gasteiger partial charge on any atom is -0.490 e. The summed E-state index contributed by atoms with van der Waals surface area (Å²) in [7, 11) is 0. The Morgan fingerprint density at radius 1 is 1.43 bits per heavy atom. The van der Waals surface area contributed by atoms with Crippen LogP contribution in [0.5, 0.6) is 11.5 Å². The first kappa shape index (κ1) is 17.0. The minimum absolute atomic E-state index is 0.146. The summed E-state index contributed by atoms with van der Waals surface area (Å²) < 4.78 is 11.4. The highest BCUT2D eigenvalue weighted by Crippen LogP contribution is 2.33. The van der Waals surface area contributed by atoms with Gasteiger partial charge in [-0.25, -0.2) is 4.79 Å². The molecule has 5 N–H and O–H groups in total. The Hall–Kier alpha value is -2.04. The Labute approximate surface area is 135 Å². The van der Waals surface area contributed by atoms with Crippen LogP contribution in [0.15, 0.2) is 22.3 Å². The molecule has 0 aliphatic rings. The van der Waals surface area contributed by atoms with Gasteiger partial charge >= 0.3 is 5.97 Å². The Morgan fingerprint density at radius 2 is 2.14 bits per heavy atom. The van der Waals surface area contributed by atoms with Gasteiger partial charge in [0.05, 0.1) is 16.4 Å².